The van der Waals surface area contributed by atoms with E-state index in [9.17, 15) is 9.59 Å². The molecule has 1 aromatic carbocycles. The van der Waals surface area contributed by atoms with Gasteiger partial charge in [0.15, 0.2) is 0 Å². The molecule has 6 heteroatoms. The summed E-state index contributed by atoms with van der Waals surface area (Å²) in [4.78, 5) is 28.5. The number of methoxy groups -OCH3 is 1. The molecule has 0 atom stereocenters. The van der Waals surface area contributed by atoms with Crippen molar-refractivity contribution in [1.29, 1.82) is 0 Å². The molecule has 0 unspecified atom stereocenters. The second-order valence-electron chi connectivity index (χ2n) is 7.04. The summed E-state index contributed by atoms with van der Waals surface area (Å²) in [6.45, 7) is 5.18. The summed E-state index contributed by atoms with van der Waals surface area (Å²) in [6, 6.07) is 7.45. The van der Waals surface area contributed by atoms with Crippen molar-refractivity contribution in [3.8, 4) is 0 Å². The number of nitrogens with zero attached hydrogens (tertiary/aromatic N) is 2. The minimum atomic E-state index is -0.321. The lowest BCUT2D eigenvalue weighted by atomic mass is 9.95. The third kappa shape index (κ3) is 5.40. The summed E-state index contributed by atoms with van der Waals surface area (Å²) in [7, 11) is 1.40. The minimum absolute atomic E-state index is 0.218. The van der Waals surface area contributed by atoms with Crippen LogP contribution >= 0.6 is 0 Å². The number of rotatable bonds is 5. The standard InChI is InChI=1S/C21H28N2O4/c1-26-21(25)19-5-3-2-4-18(19)7-6-17-8-10-23(11-9-17)20(24)16-22-12-14-27-15-13-22/h2-7,17H,8-16H2,1H3. The first-order valence-corrected chi connectivity index (χ1v) is 9.61. The van der Waals surface area contributed by atoms with Crippen LogP contribution in [-0.4, -0.2) is 74.7 Å². The number of likely N-dealkylation sites (tertiary alicyclic amines) is 1. The Kier molecular flexibility index (Phi) is 7.01. The van der Waals surface area contributed by atoms with Gasteiger partial charge < -0.3 is 14.4 Å². The largest absolute Gasteiger partial charge is 0.465 e. The third-order valence-electron chi connectivity index (χ3n) is 5.27. The van der Waals surface area contributed by atoms with Crippen molar-refractivity contribution in [2.75, 3.05) is 53.0 Å². The number of esters is 1. The van der Waals surface area contributed by atoms with Crippen LogP contribution in [0.2, 0.25) is 0 Å². The molecule has 0 bridgehead atoms. The highest BCUT2D eigenvalue weighted by Crippen LogP contribution is 2.21. The molecule has 2 aliphatic rings. The molecular weight excluding hydrogens is 344 g/mol. The van der Waals surface area contributed by atoms with E-state index >= 15 is 0 Å². The van der Waals surface area contributed by atoms with Gasteiger partial charge in [-0.2, -0.15) is 0 Å². The van der Waals surface area contributed by atoms with Crippen LogP contribution in [-0.2, 0) is 14.3 Å². The van der Waals surface area contributed by atoms with Crippen LogP contribution in [0.15, 0.2) is 30.3 Å². The molecule has 0 saturated carbocycles. The van der Waals surface area contributed by atoms with Crippen molar-refractivity contribution in [2.24, 2.45) is 5.92 Å². The second kappa shape index (κ2) is 9.67. The van der Waals surface area contributed by atoms with Crippen LogP contribution in [0.5, 0.6) is 0 Å². The maximum Gasteiger partial charge on any atom is 0.338 e. The van der Waals surface area contributed by atoms with E-state index < -0.39 is 0 Å². The molecule has 2 heterocycles. The van der Waals surface area contributed by atoms with E-state index in [-0.39, 0.29) is 11.9 Å². The van der Waals surface area contributed by atoms with Gasteiger partial charge in [0.1, 0.15) is 0 Å². The normalized spacial score (nSPS) is 19.4. The molecule has 0 N–H and O–H groups in total. The van der Waals surface area contributed by atoms with Gasteiger partial charge in [-0.3, -0.25) is 9.69 Å². The smallest absolute Gasteiger partial charge is 0.338 e. The van der Waals surface area contributed by atoms with Gasteiger partial charge in [-0.25, -0.2) is 4.79 Å². The summed E-state index contributed by atoms with van der Waals surface area (Å²) < 4.78 is 10.2. The number of ether oxygens (including phenoxy) is 2. The van der Waals surface area contributed by atoms with Gasteiger partial charge in [-0.05, 0) is 30.4 Å². The highest BCUT2D eigenvalue weighted by molar-refractivity contribution is 5.93. The summed E-state index contributed by atoms with van der Waals surface area (Å²) in [5.74, 6) is 0.317. The highest BCUT2D eigenvalue weighted by atomic mass is 16.5. The number of morpholine rings is 1. The lowest BCUT2D eigenvalue weighted by molar-refractivity contribution is -0.134. The molecule has 2 saturated heterocycles. The third-order valence-corrected chi connectivity index (χ3v) is 5.27. The molecule has 146 valence electrons. The number of amides is 1. The fourth-order valence-corrected chi connectivity index (χ4v) is 3.57. The Morgan fingerprint density at radius 2 is 1.85 bits per heavy atom. The number of carbonyl (C=O) groups is 2. The van der Waals surface area contributed by atoms with Crippen LogP contribution in [0, 0.1) is 5.92 Å². The van der Waals surface area contributed by atoms with Crippen molar-refractivity contribution in [1.82, 2.24) is 9.80 Å². The topological polar surface area (TPSA) is 59.1 Å². The van der Waals surface area contributed by atoms with Gasteiger partial charge in [0.05, 0.1) is 32.4 Å². The Morgan fingerprint density at radius 1 is 1.15 bits per heavy atom. The van der Waals surface area contributed by atoms with Gasteiger partial charge >= 0.3 is 5.97 Å². The maximum atomic E-state index is 12.5. The first-order chi connectivity index (χ1) is 13.2. The van der Waals surface area contributed by atoms with E-state index in [4.69, 9.17) is 9.47 Å². The number of allylic oxidation sites excluding steroid dienone is 1. The Labute approximate surface area is 160 Å². The van der Waals surface area contributed by atoms with Crippen LogP contribution in [0.3, 0.4) is 0 Å². The number of piperidine rings is 1. The molecule has 2 fully saturated rings. The van der Waals surface area contributed by atoms with E-state index in [0.29, 0.717) is 31.2 Å². The van der Waals surface area contributed by atoms with Crippen LogP contribution in [0.1, 0.15) is 28.8 Å². The van der Waals surface area contributed by atoms with Gasteiger partial charge in [-0.1, -0.05) is 30.4 Å². The van der Waals surface area contributed by atoms with Crippen molar-refractivity contribution < 1.29 is 19.1 Å². The molecule has 0 radical (unpaired) electrons. The Morgan fingerprint density at radius 3 is 2.56 bits per heavy atom. The van der Waals surface area contributed by atoms with Gasteiger partial charge in [-0.15, -0.1) is 0 Å². The Hall–Kier alpha value is -2.18. The van der Waals surface area contributed by atoms with E-state index in [1.165, 1.54) is 7.11 Å². The molecule has 0 aromatic heterocycles. The summed E-state index contributed by atoms with van der Waals surface area (Å²) in [5, 5.41) is 0. The summed E-state index contributed by atoms with van der Waals surface area (Å²) in [5.41, 5.74) is 1.45. The second-order valence-corrected chi connectivity index (χ2v) is 7.04. The zero-order valence-electron chi connectivity index (χ0n) is 15.9. The lowest BCUT2D eigenvalue weighted by Crippen LogP contribution is -2.46. The van der Waals surface area contributed by atoms with Crippen molar-refractivity contribution in [3.63, 3.8) is 0 Å². The van der Waals surface area contributed by atoms with E-state index in [2.05, 4.69) is 11.0 Å². The molecule has 6 nitrogen and oxygen atoms in total. The van der Waals surface area contributed by atoms with Gasteiger partial charge in [0.25, 0.3) is 0 Å². The average molecular weight is 372 g/mol. The predicted octanol–water partition coefficient (Wildman–Crippen LogP) is 2.06. The predicted molar refractivity (Wildman–Crippen MR) is 103 cm³/mol. The molecule has 2 aliphatic heterocycles. The van der Waals surface area contributed by atoms with Crippen LogP contribution in [0.4, 0.5) is 0 Å². The molecular formula is C21H28N2O4. The van der Waals surface area contributed by atoms with E-state index in [0.717, 1.165) is 44.6 Å². The summed E-state index contributed by atoms with van der Waals surface area (Å²) >= 11 is 0. The number of hydrogen-bond acceptors (Lipinski definition) is 5. The highest BCUT2D eigenvalue weighted by Gasteiger charge is 2.23. The Balaban J connectivity index is 1.50. The monoisotopic (exact) mass is 372 g/mol. The number of carbonyl (C=O) groups excluding carboxylic acids is 2. The zero-order valence-corrected chi connectivity index (χ0v) is 15.9. The number of benzene rings is 1. The van der Waals surface area contributed by atoms with E-state index in [1.807, 2.05) is 29.2 Å². The quantitative estimate of drug-likeness (QED) is 0.741. The molecule has 27 heavy (non-hydrogen) atoms. The minimum Gasteiger partial charge on any atom is -0.465 e. The van der Waals surface area contributed by atoms with E-state index in [1.54, 1.807) is 6.07 Å². The first kappa shape index (κ1) is 19.6. The molecule has 0 aliphatic carbocycles. The van der Waals surface area contributed by atoms with Gasteiger partial charge in [0, 0.05) is 26.2 Å². The molecule has 1 aromatic rings. The zero-order chi connectivity index (χ0) is 19.1. The Bertz CT molecular complexity index is 675. The maximum absolute atomic E-state index is 12.5. The average Bonchev–Trinajstić information content (AvgIpc) is 2.73. The van der Waals surface area contributed by atoms with Crippen molar-refractivity contribution in [3.05, 3.63) is 41.5 Å². The van der Waals surface area contributed by atoms with Crippen molar-refractivity contribution >= 4 is 18.0 Å². The molecule has 3 rings (SSSR count). The number of hydrogen-bond donors (Lipinski definition) is 0. The summed E-state index contributed by atoms with van der Waals surface area (Å²) in [6.07, 6.45) is 6.06. The fraction of sp³-hybridized carbons (Fsp3) is 0.524. The molecule has 0 spiro atoms. The van der Waals surface area contributed by atoms with Gasteiger partial charge in [0.2, 0.25) is 5.91 Å². The first-order valence-electron chi connectivity index (χ1n) is 9.61. The molecule has 1 amide bonds. The fourth-order valence-electron chi connectivity index (χ4n) is 3.57. The lowest BCUT2D eigenvalue weighted by Gasteiger charge is -2.33. The van der Waals surface area contributed by atoms with Crippen molar-refractivity contribution in [2.45, 2.75) is 12.8 Å². The van der Waals surface area contributed by atoms with Crippen LogP contribution in [0.25, 0.3) is 6.08 Å². The van der Waals surface area contributed by atoms with Crippen LogP contribution < -0.4 is 0 Å². The SMILES string of the molecule is COC(=O)c1ccccc1C=CC1CCN(C(=O)CN2CCOCC2)CC1.